The maximum atomic E-state index is 12.3. The minimum atomic E-state index is -0.697. The SMILES string of the molecule is CCOC(=O)COc1c(I)cc(/C=C2/NC(=O)N(CC(=O)OC)C2=O)cc1I. The Morgan fingerprint density at radius 2 is 1.82 bits per heavy atom. The van der Waals surface area contributed by atoms with Crippen molar-refractivity contribution in [3.63, 3.8) is 0 Å². The predicted molar refractivity (Wildman–Crippen MR) is 114 cm³/mol. The number of rotatable bonds is 7. The maximum absolute atomic E-state index is 12.3. The van der Waals surface area contributed by atoms with Crippen LogP contribution in [0, 0.1) is 7.14 Å². The number of methoxy groups -OCH3 is 1. The first kappa shape index (κ1) is 22.4. The van der Waals surface area contributed by atoms with Crippen LogP contribution in [-0.4, -0.2) is 55.6 Å². The molecule has 9 nitrogen and oxygen atoms in total. The van der Waals surface area contributed by atoms with Gasteiger partial charge < -0.3 is 19.5 Å². The Hall–Kier alpha value is -1.90. The van der Waals surface area contributed by atoms with E-state index in [4.69, 9.17) is 9.47 Å². The van der Waals surface area contributed by atoms with Gasteiger partial charge in [-0.1, -0.05) is 0 Å². The van der Waals surface area contributed by atoms with E-state index in [2.05, 4.69) is 10.1 Å². The summed E-state index contributed by atoms with van der Waals surface area (Å²) in [7, 11) is 1.17. The lowest BCUT2D eigenvalue weighted by Gasteiger charge is -2.11. The Bertz CT molecular complexity index is 831. The molecule has 1 saturated heterocycles. The topological polar surface area (TPSA) is 111 Å². The Labute approximate surface area is 188 Å². The molecule has 1 aromatic rings. The molecule has 28 heavy (non-hydrogen) atoms. The van der Waals surface area contributed by atoms with Crippen LogP contribution in [0.3, 0.4) is 0 Å². The monoisotopic (exact) mass is 614 g/mol. The van der Waals surface area contributed by atoms with Gasteiger partial charge in [0.1, 0.15) is 18.0 Å². The van der Waals surface area contributed by atoms with Gasteiger partial charge in [-0.3, -0.25) is 9.59 Å². The minimum absolute atomic E-state index is 0.0423. The van der Waals surface area contributed by atoms with Gasteiger partial charge in [0.25, 0.3) is 5.91 Å². The van der Waals surface area contributed by atoms with Gasteiger partial charge in [-0.05, 0) is 75.9 Å². The van der Waals surface area contributed by atoms with Gasteiger partial charge >= 0.3 is 18.0 Å². The lowest BCUT2D eigenvalue weighted by Crippen LogP contribution is -2.36. The van der Waals surface area contributed by atoms with Crippen molar-refractivity contribution in [1.29, 1.82) is 0 Å². The molecule has 11 heteroatoms. The van der Waals surface area contributed by atoms with Crippen molar-refractivity contribution in [1.82, 2.24) is 10.2 Å². The predicted octanol–water partition coefficient (Wildman–Crippen LogP) is 1.90. The van der Waals surface area contributed by atoms with Gasteiger partial charge in [-0.25, -0.2) is 14.5 Å². The molecule has 3 amide bonds. The molecular weight excluding hydrogens is 598 g/mol. The Kier molecular flexibility index (Phi) is 8.03. The second-order valence-corrected chi connectivity index (χ2v) is 7.69. The van der Waals surface area contributed by atoms with Crippen LogP contribution in [0.1, 0.15) is 12.5 Å². The average molecular weight is 614 g/mol. The number of hydrogen-bond donors (Lipinski definition) is 1. The summed E-state index contributed by atoms with van der Waals surface area (Å²) in [6.07, 6.45) is 1.50. The van der Waals surface area contributed by atoms with E-state index in [1.54, 1.807) is 19.1 Å². The van der Waals surface area contributed by atoms with Crippen molar-refractivity contribution < 1.29 is 33.4 Å². The van der Waals surface area contributed by atoms with Crippen molar-refractivity contribution in [3.05, 3.63) is 30.5 Å². The summed E-state index contributed by atoms with van der Waals surface area (Å²) in [5.41, 5.74) is 0.682. The molecule has 0 spiro atoms. The first-order valence-corrected chi connectivity index (χ1v) is 10.1. The molecule has 1 aliphatic rings. The fraction of sp³-hybridized carbons (Fsp3) is 0.294. The highest BCUT2D eigenvalue weighted by Crippen LogP contribution is 2.30. The Morgan fingerprint density at radius 1 is 1.18 bits per heavy atom. The maximum Gasteiger partial charge on any atom is 0.344 e. The highest BCUT2D eigenvalue weighted by Gasteiger charge is 2.35. The van der Waals surface area contributed by atoms with Gasteiger partial charge in [0.05, 0.1) is 20.9 Å². The van der Waals surface area contributed by atoms with E-state index in [0.29, 0.717) is 18.5 Å². The summed E-state index contributed by atoms with van der Waals surface area (Å²) in [5.74, 6) is -1.27. The summed E-state index contributed by atoms with van der Waals surface area (Å²) in [6, 6.07) is 2.78. The molecule has 1 heterocycles. The van der Waals surface area contributed by atoms with Gasteiger partial charge in [-0.15, -0.1) is 0 Å². The fourth-order valence-corrected chi connectivity index (χ4v) is 4.34. The first-order valence-electron chi connectivity index (χ1n) is 7.95. The summed E-state index contributed by atoms with van der Waals surface area (Å²) in [6.45, 7) is 1.31. The van der Waals surface area contributed by atoms with Crippen molar-refractivity contribution in [2.75, 3.05) is 26.9 Å². The Morgan fingerprint density at radius 3 is 2.39 bits per heavy atom. The van der Waals surface area contributed by atoms with Crippen LogP contribution in [0.15, 0.2) is 17.8 Å². The molecule has 0 bridgehead atoms. The van der Waals surface area contributed by atoms with Crippen molar-refractivity contribution in [2.45, 2.75) is 6.92 Å². The third-order valence-corrected chi connectivity index (χ3v) is 5.05. The number of benzene rings is 1. The molecule has 1 aromatic carbocycles. The molecule has 1 fully saturated rings. The number of nitrogens with zero attached hydrogens (tertiary/aromatic N) is 1. The Balaban J connectivity index is 2.18. The van der Waals surface area contributed by atoms with Gasteiger partial charge in [-0.2, -0.15) is 0 Å². The second kappa shape index (κ2) is 10.0. The van der Waals surface area contributed by atoms with E-state index in [1.165, 1.54) is 13.2 Å². The number of halogens is 2. The zero-order chi connectivity index (χ0) is 20.8. The molecule has 0 atom stereocenters. The number of urea groups is 1. The number of ether oxygens (including phenoxy) is 3. The van der Waals surface area contributed by atoms with Crippen LogP contribution >= 0.6 is 45.2 Å². The van der Waals surface area contributed by atoms with E-state index in [1.807, 2.05) is 45.2 Å². The number of nitrogens with one attached hydrogen (secondary N) is 1. The zero-order valence-corrected chi connectivity index (χ0v) is 19.2. The van der Waals surface area contributed by atoms with E-state index in [9.17, 15) is 19.2 Å². The van der Waals surface area contributed by atoms with Crippen LogP contribution in [-0.2, 0) is 23.9 Å². The fourth-order valence-electron chi connectivity index (χ4n) is 2.21. The zero-order valence-electron chi connectivity index (χ0n) is 14.9. The normalized spacial score (nSPS) is 14.9. The standard InChI is InChI=1S/C17H16I2N2O7/c1-3-27-14(23)8-28-15-10(18)4-9(5-11(15)19)6-12-16(24)21(17(25)20-12)7-13(22)26-2/h4-6H,3,7-8H2,1-2H3,(H,20,25)/b12-6+. The number of imide groups is 1. The molecule has 0 unspecified atom stereocenters. The molecule has 0 radical (unpaired) electrons. The average Bonchev–Trinajstić information content (AvgIpc) is 2.88. The molecule has 0 aliphatic carbocycles. The third-order valence-electron chi connectivity index (χ3n) is 3.45. The van der Waals surface area contributed by atoms with E-state index in [0.717, 1.165) is 4.90 Å². The molecule has 0 aromatic heterocycles. The van der Waals surface area contributed by atoms with Crippen LogP contribution < -0.4 is 10.1 Å². The van der Waals surface area contributed by atoms with E-state index < -0.39 is 30.4 Å². The lowest BCUT2D eigenvalue weighted by atomic mass is 10.2. The van der Waals surface area contributed by atoms with Crippen LogP contribution in [0.4, 0.5) is 4.79 Å². The molecule has 2 rings (SSSR count). The largest absolute Gasteiger partial charge is 0.480 e. The number of esters is 2. The summed E-state index contributed by atoms with van der Waals surface area (Å²) >= 11 is 4.09. The third kappa shape index (κ3) is 5.56. The summed E-state index contributed by atoms with van der Waals surface area (Å²) in [4.78, 5) is 47.8. The molecule has 1 aliphatic heterocycles. The highest BCUT2D eigenvalue weighted by atomic mass is 127. The smallest absolute Gasteiger partial charge is 0.344 e. The second-order valence-electron chi connectivity index (χ2n) is 5.36. The molecular formula is C17H16I2N2O7. The number of carbonyl (C=O) groups excluding carboxylic acids is 4. The molecule has 0 saturated carbocycles. The quantitative estimate of drug-likeness (QED) is 0.216. The van der Waals surface area contributed by atoms with Crippen molar-refractivity contribution in [3.8, 4) is 5.75 Å². The van der Waals surface area contributed by atoms with Crippen LogP contribution in [0.5, 0.6) is 5.75 Å². The summed E-state index contributed by atoms with van der Waals surface area (Å²) < 4.78 is 16.2. The first-order chi connectivity index (χ1) is 13.3. The van der Waals surface area contributed by atoms with Crippen molar-refractivity contribution in [2.24, 2.45) is 0 Å². The van der Waals surface area contributed by atoms with Crippen LogP contribution in [0.2, 0.25) is 0 Å². The lowest BCUT2D eigenvalue weighted by molar-refractivity contribution is -0.145. The van der Waals surface area contributed by atoms with E-state index >= 15 is 0 Å². The summed E-state index contributed by atoms with van der Waals surface area (Å²) in [5, 5.41) is 2.43. The number of hydrogen-bond acceptors (Lipinski definition) is 7. The van der Waals surface area contributed by atoms with Crippen LogP contribution in [0.25, 0.3) is 6.08 Å². The van der Waals surface area contributed by atoms with Gasteiger partial charge in [0.2, 0.25) is 0 Å². The minimum Gasteiger partial charge on any atom is -0.480 e. The highest BCUT2D eigenvalue weighted by molar-refractivity contribution is 14.1. The number of amides is 3. The molecule has 1 N–H and O–H groups in total. The number of carbonyl (C=O) groups is 4. The van der Waals surface area contributed by atoms with Gasteiger partial charge in [0.15, 0.2) is 6.61 Å². The molecule has 150 valence electrons. The van der Waals surface area contributed by atoms with Gasteiger partial charge in [0, 0.05) is 0 Å². The van der Waals surface area contributed by atoms with E-state index in [-0.39, 0.29) is 18.9 Å². The van der Waals surface area contributed by atoms with Crippen molar-refractivity contribution >= 4 is 75.1 Å².